The van der Waals surface area contributed by atoms with Gasteiger partial charge in [-0.1, -0.05) is 12.1 Å². The number of hydrogen-bond donors (Lipinski definition) is 3. The highest BCUT2D eigenvalue weighted by Crippen LogP contribution is 2.40. The molecule has 0 fully saturated rings. The zero-order chi connectivity index (χ0) is 19.9. The second kappa shape index (κ2) is 9.73. The first kappa shape index (κ1) is 20.4. The molecule has 0 spiro atoms. The molecule has 28 heavy (non-hydrogen) atoms. The second-order valence-corrected chi connectivity index (χ2v) is 7.41. The van der Waals surface area contributed by atoms with Crippen LogP contribution in [0.5, 0.6) is 0 Å². The minimum atomic E-state index is -0.555. The fourth-order valence-corrected chi connectivity index (χ4v) is 4.11. The van der Waals surface area contributed by atoms with Crippen LogP contribution in [-0.4, -0.2) is 30.5 Å². The third kappa shape index (κ3) is 4.73. The topological polar surface area (TPSA) is 93.8 Å². The molecule has 1 aliphatic heterocycles. The zero-order valence-corrected chi connectivity index (χ0v) is 16.7. The van der Waals surface area contributed by atoms with E-state index in [0.29, 0.717) is 24.4 Å². The summed E-state index contributed by atoms with van der Waals surface area (Å²) in [5.41, 5.74) is 8.08. The van der Waals surface area contributed by atoms with Crippen molar-refractivity contribution < 1.29 is 19.4 Å². The van der Waals surface area contributed by atoms with E-state index in [9.17, 15) is 9.90 Å². The summed E-state index contributed by atoms with van der Waals surface area (Å²) in [5, 5.41) is 16.2. The number of anilines is 2. The van der Waals surface area contributed by atoms with E-state index in [0.717, 1.165) is 12.0 Å². The minimum Gasteiger partial charge on any atom is -0.459 e. The number of thiophene rings is 1. The van der Waals surface area contributed by atoms with Gasteiger partial charge in [0.25, 0.3) is 5.91 Å². The number of carbonyl (C=O) groups is 1. The number of nitrogens with one attached hydrogen (secondary N) is 1. The number of aliphatic hydroxyl groups excluding tert-OH is 1. The van der Waals surface area contributed by atoms with Crippen LogP contribution in [0.25, 0.3) is 0 Å². The van der Waals surface area contributed by atoms with Crippen LogP contribution in [0.1, 0.15) is 31.2 Å². The Balaban J connectivity index is 1.89. The van der Waals surface area contributed by atoms with E-state index in [1.807, 2.05) is 30.5 Å². The van der Waals surface area contributed by atoms with Crippen LogP contribution in [0.15, 0.2) is 52.9 Å². The quantitative estimate of drug-likeness (QED) is 0.585. The molecule has 0 bridgehead atoms. The molecule has 0 saturated heterocycles. The van der Waals surface area contributed by atoms with E-state index < -0.39 is 6.29 Å². The van der Waals surface area contributed by atoms with Crippen LogP contribution in [-0.2, 0) is 14.3 Å². The summed E-state index contributed by atoms with van der Waals surface area (Å²) in [7, 11) is 0. The van der Waals surface area contributed by atoms with Crippen LogP contribution >= 0.6 is 11.3 Å². The van der Waals surface area contributed by atoms with Crippen molar-refractivity contribution in [3.8, 4) is 0 Å². The van der Waals surface area contributed by atoms with Crippen molar-refractivity contribution in [3.63, 3.8) is 0 Å². The van der Waals surface area contributed by atoms with Gasteiger partial charge in [0.15, 0.2) is 5.76 Å². The fraction of sp³-hybridized carbons (Fsp3) is 0.381. The fourth-order valence-electron chi connectivity index (χ4n) is 3.40. The van der Waals surface area contributed by atoms with Gasteiger partial charge in [-0.2, -0.15) is 11.3 Å². The Morgan fingerprint density at radius 2 is 2.18 bits per heavy atom. The van der Waals surface area contributed by atoms with Gasteiger partial charge in [-0.3, -0.25) is 4.79 Å². The first-order valence-corrected chi connectivity index (χ1v) is 10.4. The Bertz CT molecular complexity index is 806. The first-order chi connectivity index (χ1) is 13.6. The number of ether oxygens (including phenoxy) is 2. The summed E-state index contributed by atoms with van der Waals surface area (Å²) in [6, 6.07) is 9.15. The van der Waals surface area contributed by atoms with Crippen molar-refractivity contribution in [2.24, 2.45) is 5.92 Å². The van der Waals surface area contributed by atoms with E-state index in [-0.39, 0.29) is 30.1 Å². The number of amides is 1. The Labute approximate surface area is 169 Å². The van der Waals surface area contributed by atoms with Gasteiger partial charge in [0.05, 0.1) is 11.4 Å². The normalized spacial score (nSPS) is 21.6. The lowest BCUT2D eigenvalue weighted by atomic mass is 9.81. The molecular weight excluding hydrogens is 376 g/mol. The summed E-state index contributed by atoms with van der Waals surface area (Å²) in [6.45, 7) is 2.47. The number of para-hydroxylation sites is 2. The molecule has 7 heteroatoms. The van der Waals surface area contributed by atoms with E-state index in [2.05, 4.69) is 16.8 Å². The molecule has 0 aliphatic carbocycles. The largest absolute Gasteiger partial charge is 0.459 e. The van der Waals surface area contributed by atoms with Crippen molar-refractivity contribution in [1.82, 2.24) is 0 Å². The molecule has 1 aliphatic rings. The van der Waals surface area contributed by atoms with Crippen molar-refractivity contribution in [3.05, 3.63) is 58.5 Å². The maximum atomic E-state index is 12.9. The molecular formula is C21H26N2O4S. The smallest absolute Gasteiger partial charge is 0.290 e. The highest BCUT2D eigenvalue weighted by atomic mass is 32.1. The molecule has 3 rings (SSSR count). The van der Waals surface area contributed by atoms with Gasteiger partial charge in [-0.05, 0) is 60.4 Å². The third-order valence-electron chi connectivity index (χ3n) is 4.77. The summed E-state index contributed by atoms with van der Waals surface area (Å²) in [6.07, 6.45) is 2.68. The maximum Gasteiger partial charge on any atom is 0.290 e. The lowest BCUT2D eigenvalue weighted by Gasteiger charge is -2.36. The van der Waals surface area contributed by atoms with Crippen LogP contribution in [0, 0.1) is 5.92 Å². The molecule has 1 aromatic carbocycles. The Morgan fingerprint density at radius 1 is 1.36 bits per heavy atom. The summed E-state index contributed by atoms with van der Waals surface area (Å²) in [4.78, 5) is 12.9. The van der Waals surface area contributed by atoms with E-state index in [4.69, 9.17) is 15.2 Å². The number of benzene rings is 1. The van der Waals surface area contributed by atoms with E-state index in [1.165, 1.54) is 0 Å². The van der Waals surface area contributed by atoms with E-state index >= 15 is 0 Å². The van der Waals surface area contributed by atoms with Crippen LogP contribution < -0.4 is 11.1 Å². The van der Waals surface area contributed by atoms with Gasteiger partial charge in [0.2, 0.25) is 6.29 Å². The third-order valence-corrected chi connectivity index (χ3v) is 5.47. The molecule has 0 radical (unpaired) electrons. The Hall–Kier alpha value is -2.35. The van der Waals surface area contributed by atoms with Crippen LogP contribution in [0.3, 0.4) is 0 Å². The zero-order valence-electron chi connectivity index (χ0n) is 15.8. The summed E-state index contributed by atoms with van der Waals surface area (Å²) >= 11 is 1.61. The summed E-state index contributed by atoms with van der Waals surface area (Å²) < 4.78 is 11.8. The number of carbonyl (C=O) groups excluding carboxylic acids is 1. The number of nitrogen functional groups attached to an aromatic ring is 1. The average Bonchev–Trinajstić information content (AvgIpc) is 3.23. The minimum absolute atomic E-state index is 0.0139. The maximum absolute atomic E-state index is 12.9. The van der Waals surface area contributed by atoms with Gasteiger partial charge < -0.3 is 25.6 Å². The van der Waals surface area contributed by atoms with Gasteiger partial charge >= 0.3 is 0 Å². The monoisotopic (exact) mass is 402 g/mol. The molecule has 2 aromatic rings. The van der Waals surface area contributed by atoms with Crippen LogP contribution in [0.4, 0.5) is 11.4 Å². The Morgan fingerprint density at radius 3 is 2.86 bits per heavy atom. The number of rotatable bonds is 8. The lowest BCUT2D eigenvalue weighted by Crippen LogP contribution is -2.37. The number of hydrogen-bond acceptors (Lipinski definition) is 6. The molecule has 4 N–H and O–H groups in total. The number of allylic oxidation sites excluding steroid dienone is 1. The highest BCUT2D eigenvalue weighted by molar-refractivity contribution is 7.08. The molecule has 1 aromatic heterocycles. The molecule has 0 saturated carbocycles. The van der Waals surface area contributed by atoms with Gasteiger partial charge in [0.1, 0.15) is 0 Å². The SMILES string of the molecule is CCO[C@@H]1OC(C(=O)Nc2ccccc2N)=C[C@H](c2ccsc2)[C@@H]1CCCO. The van der Waals surface area contributed by atoms with Crippen molar-refractivity contribution >= 4 is 28.6 Å². The predicted octanol–water partition coefficient (Wildman–Crippen LogP) is 3.72. The predicted molar refractivity (Wildman–Crippen MR) is 111 cm³/mol. The second-order valence-electron chi connectivity index (χ2n) is 6.63. The Kier molecular flexibility index (Phi) is 7.08. The lowest BCUT2D eigenvalue weighted by molar-refractivity contribution is -0.164. The first-order valence-electron chi connectivity index (χ1n) is 9.43. The highest BCUT2D eigenvalue weighted by Gasteiger charge is 2.38. The average molecular weight is 403 g/mol. The van der Waals surface area contributed by atoms with Crippen molar-refractivity contribution in [1.29, 1.82) is 0 Å². The number of nitrogens with two attached hydrogens (primary N) is 1. The number of aliphatic hydroxyl groups is 1. The van der Waals surface area contributed by atoms with Gasteiger partial charge in [0, 0.05) is 25.0 Å². The standard InChI is InChI=1S/C21H26N2O4S/c1-2-26-21-15(6-5-10-24)16(14-9-11-28-13-14)12-19(27-21)20(25)23-18-8-4-3-7-17(18)22/h3-4,7-9,11-13,15-16,21,24H,2,5-6,10,22H2,1H3,(H,23,25)/t15-,16+,21+/m0/s1. The molecule has 3 atom stereocenters. The van der Waals surface area contributed by atoms with Crippen LogP contribution in [0.2, 0.25) is 0 Å². The van der Waals surface area contributed by atoms with Crippen molar-refractivity contribution in [2.75, 3.05) is 24.3 Å². The molecule has 0 unspecified atom stereocenters. The van der Waals surface area contributed by atoms with Crippen molar-refractivity contribution in [2.45, 2.75) is 32.0 Å². The summed E-state index contributed by atoms with van der Waals surface area (Å²) in [5.74, 6) is -0.154. The molecule has 2 heterocycles. The molecule has 150 valence electrons. The van der Waals surface area contributed by atoms with E-state index in [1.54, 1.807) is 23.5 Å². The van der Waals surface area contributed by atoms with Gasteiger partial charge in [-0.25, -0.2) is 0 Å². The van der Waals surface area contributed by atoms with Gasteiger partial charge in [-0.15, -0.1) is 0 Å². The molecule has 1 amide bonds. The molecule has 6 nitrogen and oxygen atoms in total.